The van der Waals surface area contributed by atoms with E-state index in [1.807, 2.05) is 0 Å². The minimum Gasteiger partial charge on any atom is -0.348 e. The van der Waals surface area contributed by atoms with Crippen LogP contribution in [0, 0.1) is 5.41 Å². The second-order valence-electron chi connectivity index (χ2n) is 8.77. The second-order valence-corrected chi connectivity index (χ2v) is 8.77. The first-order valence-corrected chi connectivity index (χ1v) is 9.73. The number of nitrogens with zero attached hydrogens (tertiary/aromatic N) is 2. The highest BCUT2D eigenvalue weighted by atomic mass is 15.2. The van der Waals surface area contributed by atoms with Crippen LogP contribution in [0.2, 0.25) is 0 Å². The Kier molecular flexibility index (Phi) is 4.47. The van der Waals surface area contributed by atoms with Crippen LogP contribution in [0.25, 0.3) is 0 Å². The summed E-state index contributed by atoms with van der Waals surface area (Å²) >= 11 is 0. The first kappa shape index (κ1) is 16.9. The van der Waals surface area contributed by atoms with E-state index in [-0.39, 0.29) is 6.04 Å². The topological polar surface area (TPSA) is 34.2 Å². The molecule has 25 heavy (non-hydrogen) atoms. The predicted molar refractivity (Wildman–Crippen MR) is 103 cm³/mol. The van der Waals surface area contributed by atoms with E-state index in [0.717, 1.165) is 19.4 Å². The van der Waals surface area contributed by atoms with Crippen molar-refractivity contribution in [2.45, 2.75) is 58.2 Å². The molecule has 134 valence electrons. The lowest BCUT2D eigenvalue weighted by atomic mass is 9.74. The average molecular weight is 338 g/mol. The van der Waals surface area contributed by atoms with Gasteiger partial charge in [0.2, 0.25) is 0 Å². The largest absolute Gasteiger partial charge is 0.348 e. The van der Waals surface area contributed by atoms with Gasteiger partial charge in [-0.1, -0.05) is 44.2 Å². The maximum Gasteiger partial charge on any atom is 0.0357 e. The Hall–Kier alpha value is -1.58. The van der Waals surface area contributed by atoms with Crippen molar-refractivity contribution in [2.24, 2.45) is 11.1 Å². The molecule has 1 aliphatic carbocycles. The fourth-order valence-corrected chi connectivity index (χ4v) is 4.80. The summed E-state index contributed by atoms with van der Waals surface area (Å²) in [5.74, 6) is 0. The van der Waals surface area contributed by atoms with Crippen molar-refractivity contribution >= 4 is 0 Å². The van der Waals surface area contributed by atoms with Crippen molar-refractivity contribution in [1.82, 2.24) is 9.47 Å². The molecule has 3 heteroatoms. The number of aromatic nitrogens is 1. The van der Waals surface area contributed by atoms with Gasteiger partial charge in [-0.15, -0.1) is 0 Å². The Morgan fingerprint density at radius 1 is 1.08 bits per heavy atom. The molecule has 2 aliphatic rings. The third-order valence-corrected chi connectivity index (χ3v) is 6.08. The van der Waals surface area contributed by atoms with Crippen molar-refractivity contribution < 1.29 is 0 Å². The molecule has 1 aromatic carbocycles. The highest BCUT2D eigenvalue weighted by molar-refractivity contribution is 5.30. The minimum absolute atomic E-state index is 0.207. The van der Waals surface area contributed by atoms with E-state index in [1.165, 1.54) is 42.8 Å². The zero-order chi connectivity index (χ0) is 17.4. The van der Waals surface area contributed by atoms with Crippen LogP contribution >= 0.6 is 0 Å². The van der Waals surface area contributed by atoms with Gasteiger partial charge in [0.05, 0.1) is 0 Å². The summed E-state index contributed by atoms with van der Waals surface area (Å²) in [6.45, 7) is 8.16. The van der Waals surface area contributed by atoms with Crippen molar-refractivity contribution in [3.8, 4) is 0 Å². The maximum absolute atomic E-state index is 6.45. The lowest BCUT2D eigenvalue weighted by Gasteiger charge is -2.38. The predicted octanol–water partition coefficient (Wildman–Crippen LogP) is 4.30. The summed E-state index contributed by atoms with van der Waals surface area (Å²) in [5, 5.41) is 0. The quantitative estimate of drug-likeness (QED) is 0.906. The molecule has 1 aromatic heterocycles. The molecule has 0 bridgehead atoms. The van der Waals surface area contributed by atoms with Crippen LogP contribution in [0.5, 0.6) is 0 Å². The fraction of sp³-hybridized carbons (Fsp3) is 0.545. The Labute approximate surface area is 151 Å². The molecule has 1 atom stereocenters. The maximum atomic E-state index is 6.45. The summed E-state index contributed by atoms with van der Waals surface area (Å²) in [6, 6.07) is 14.0. The van der Waals surface area contributed by atoms with Gasteiger partial charge in [0.15, 0.2) is 0 Å². The Morgan fingerprint density at radius 2 is 1.80 bits per heavy atom. The standard InChI is InChI=1S/C22H31N3/c1-22(2)14-20(23)19-10-13-25(21(19)15-22)18-8-11-24(12-9-18)16-17-6-4-3-5-7-17/h3-7,10,13,18,20H,8-9,11-12,14-16,23H2,1-2H3. The van der Waals surface area contributed by atoms with Crippen molar-refractivity contribution in [1.29, 1.82) is 0 Å². The molecular weight excluding hydrogens is 306 g/mol. The van der Waals surface area contributed by atoms with Gasteiger partial charge in [-0.3, -0.25) is 4.90 Å². The van der Waals surface area contributed by atoms with Gasteiger partial charge in [0, 0.05) is 43.6 Å². The van der Waals surface area contributed by atoms with Crippen LogP contribution in [-0.4, -0.2) is 22.6 Å². The number of fused-ring (bicyclic) bond motifs is 1. The average Bonchev–Trinajstić information content (AvgIpc) is 2.99. The number of piperidine rings is 1. The van der Waals surface area contributed by atoms with Crippen LogP contribution in [0.15, 0.2) is 42.6 Å². The Morgan fingerprint density at radius 3 is 2.52 bits per heavy atom. The first-order chi connectivity index (χ1) is 12.0. The number of rotatable bonds is 3. The molecule has 1 aliphatic heterocycles. The van der Waals surface area contributed by atoms with Gasteiger partial charge in [-0.05, 0) is 48.3 Å². The molecule has 0 amide bonds. The third kappa shape index (κ3) is 3.54. The molecule has 0 radical (unpaired) electrons. The molecular formula is C22H31N3. The number of hydrogen-bond acceptors (Lipinski definition) is 2. The van der Waals surface area contributed by atoms with Crippen LogP contribution in [0.3, 0.4) is 0 Å². The highest BCUT2D eigenvalue weighted by Gasteiger charge is 2.34. The lowest BCUT2D eigenvalue weighted by Crippen LogP contribution is -2.36. The van der Waals surface area contributed by atoms with E-state index >= 15 is 0 Å². The number of hydrogen-bond donors (Lipinski definition) is 1. The minimum atomic E-state index is 0.207. The molecule has 4 rings (SSSR count). The monoisotopic (exact) mass is 337 g/mol. The molecule has 0 spiro atoms. The van der Waals surface area contributed by atoms with Crippen LogP contribution < -0.4 is 5.73 Å². The third-order valence-electron chi connectivity index (χ3n) is 6.08. The van der Waals surface area contributed by atoms with Gasteiger partial charge >= 0.3 is 0 Å². The van der Waals surface area contributed by atoms with E-state index in [0.29, 0.717) is 11.5 Å². The second kappa shape index (κ2) is 6.62. The normalized spacial score (nSPS) is 24.2. The van der Waals surface area contributed by atoms with Gasteiger partial charge in [-0.2, -0.15) is 0 Å². The van der Waals surface area contributed by atoms with E-state index in [9.17, 15) is 0 Å². The Balaban J connectivity index is 1.44. The molecule has 2 N–H and O–H groups in total. The summed E-state index contributed by atoms with van der Waals surface area (Å²) in [7, 11) is 0. The number of nitrogens with two attached hydrogens (primary N) is 1. The van der Waals surface area contributed by atoms with Gasteiger partial charge in [-0.25, -0.2) is 0 Å². The Bertz CT molecular complexity index is 708. The number of likely N-dealkylation sites (tertiary alicyclic amines) is 1. The molecule has 0 saturated carbocycles. The molecule has 1 fully saturated rings. The zero-order valence-electron chi connectivity index (χ0n) is 15.6. The summed E-state index contributed by atoms with van der Waals surface area (Å²) in [5.41, 5.74) is 11.1. The lowest BCUT2D eigenvalue weighted by molar-refractivity contribution is 0.175. The van der Waals surface area contributed by atoms with Crippen LogP contribution in [-0.2, 0) is 13.0 Å². The van der Waals surface area contributed by atoms with E-state index < -0.39 is 0 Å². The van der Waals surface area contributed by atoms with Gasteiger partial charge in [0.25, 0.3) is 0 Å². The first-order valence-electron chi connectivity index (χ1n) is 9.73. The SMILES string of the molecule is CC1(C)Cc2c(ccn2C2CCN(Cc3ccccc3)CC2)C(N)C1. The molecule has 1 saturated heterocycles. The molecule has 1 unspecified atom stereocenters. The highest BCUT2D eigenvalue weighted by Crippen LogP contribution is 2.41. The van der Waals surface area contributed by atoms with E-state index in [1.54, 1.807) is 0 Å². The van der Waals surface area contributed by atoms with Crippen molar-refractivity contribution in [2.75, 3.05) is 13.1 Å². The van der Waals surface area contributed by atoms with Crippen LogP contribution in [0.4, 0.5) is 0 Å². The zero-order valence-corrected chi connectivity index (χ0v) is 15.6. The van der Waals surface area contributed by atoms with Crippen molar-refractivity contribution in [3.05, 3.63) is 59.4 Å². The van der Waals surface area contributed by atoms with Gasteiger partial charge in [0.1, 0.15) is 0 Å². The smallest absolute Gasteiger partial charge is 0.0357 e. The van der Waals surface area contributed by atoms with Crippen LogP contribution in [0.1, 0.15) is 62.0 Å². The summed E-state index contributed by atoms with van der Waals surface area (Å²) in [4.78, 5) is 2.59. The molecule has 2 heterocycles. The van der Waals surface area contributed by atoms with E-state index in [2.05, 4.69) is 65.9 Å². The molecule has 3 nitrogen and oxygen atoms in total. The molecule has 2 aromatic rings. The fourth-order valence-electron chi connectivity index (χ4n) is 4.80. The summed E-state index contributed by atoms with van der Waals surface area (Å²) in [6.07, 6.45) is 7.05. The number of benzene rings is 1. The van der Waals surface area contributed by atoms with E-state index in [4.69, 9.17) is 5.73 Å². The summed E-state index contributed by atoms with van der Waals surface area (Å²) < 4.78 is 2.57. The van der Waals surface area contributed by atoms with Gasteiger partial charge < -0.3 is 10.3 Å². The van der Waals surface area contributed by atoms with Crippen molar-refractivity contribution in [3.63, 3.8) is 0 Å².